The van der Waals surface area contributed by atoms with E-state index in [9.17, 15) is 10.2 Å². The summed E-state index contributed by atoms with van der Waals surface area (Å²) < 4.78 is 0. The molecule has 0 amide bonds. The van der Waals surface area contributed by atoms with E-state index >= 15 is 0 Å². The molecule has 318 valence electrons. The molecule has 1 aliphatic carbocycles. The zero-order chi connectivity index (χ0) is 43.0. The van der Waals surface area contributed by atoms with E-state index < -0.39 is 0 Å². The standard InChI is InChI=1S/C60H46N2O2.2Y.Zr/c63-59-45(35-43-23-9-13-27-49(43)57(59)55-47-25-11-7-21-41(47)31-33-51(55)39-17-3-1-4-18-39)37-61-53-29-15-16-30-54(53)62-38-46-36-44-24-10-14-28-50(44)58(60(46)64)56-48-26-12-8-22-42(48)32-34-52(56)40-19-5-2-6-20-40;;;/h1-14,17-28,31-38,53-54,63-64H,15-16,29-30H2;;;/t53-,54-;;;/m1.../s1. The predicted octanol–water partition coefficient (Wildman–Crippen LogP) is 15.2. The molecule has 67 heavy (non-hydrogen) atoms. The summed E-state index contributed by atoms with van der Waals surface area (Å²) in [5.41, 5.74) is 9.27. The Hall–Kier alpha value is -4.73. The maximum absolute atomic E-state index is 12.5. The molecule has 10 aromatic carbocycles. The number of hydrogen-bond acceptors (Lipinski definition) is 4. The van der Waals surface area contributed by atoms with Gasteiger partial charge in [-0.3, -0.25) is 9.98 Å². The summed E-state index contributed by atoms with van der Waals surface area (Å²) >= 11 is 0. The van der Waals surface area contributed by atoms with Crippen LogP contribution in [0.25, 0.3) is 87.6 Å². The van der Waals surface area contributed by atoms with E-state index in [0.29, 0.717) is 11.1 Å². The van der Waals surface area contributed by atoms with Crippen molar-refractivity contribution in [2.24, 2.45) is 9.98 Å². The van der Waals surface area contributed by atoms with Gasteiger partial charge in [0.25, 0.3) is 0 Å². The Morgan fingerprint density at radius 2 is 0.701 bits per heavy atom. The zero-order valence-electron chi connectivity index (χ0n) is 37.1. The van der Waals surface area contributed by atoms with Crippen LogP contribution in [0.5, 0.6) is 11.5 Å². The second-order valence-electron chi connectivity index (χ2n) is 16.9. The monoisotopic (exact) mass is 1090 g/mol. The summed E-state index contributed by atoms with van der Waals surface area (Å²) in [5, 5.41) is 33.4. The molecule has 1 fully saturated rings. The molecule has 0 aromatic heterocycles. The molecule has 1 aliphatic rings. The van der Waals surface area contributed by atoms with Crippen LogP contribution in [0, 0.1) is 0 Å². The van der Waals surface area contributed by atoms with Gasteiger partial charge >= 0.3 is 0 Å². The Morgan fingerprint density at radius 3 is 1.09 bits per heavy atom. The molecule has 0 bridgehead atoms. The Bertz CT molecular complexity index is 3220. The van der Waals surface area contributed by atoms with Crippen LogP contribution in [0.2, 0.25) is 0 Å². The molecule has 0 heterocycles. The molecule has 1 saturated carbocycles. The van der Waals surface area contributed by atoms with Crippen LogP contribution in [-0.2, 0) is 91.6 Å². The van der Waals surface area contributed by atoms with Gasteiger partial charge in [-0.15, -0.1) is 0 Å². The summed E-state index contributed by atoms with van der Waals surface area (Å²) in [5.74, 6) is 0.424. The quantitative estimate of drug-likeness (QED) is 0.149. The SMILES string of the molecule is Oc1c(C=N[C@@H]2CCCC[C@H]2N=Cc2cc3ccccc3c(-c3c(-c4ccccc4)ccc4ccccc34)c2O)cc2ccccc2c1-c1c(-c2ccccc2)ccc2ccccc12.[Y].[Y].[Zr]. The summed E-state index contributed by atoms with van der Waals surface area (Å²) in [6, 6.07) is 66.9. The Kier molecular flexibility index (Phi) is 15.8. The summed E-state index contributed by atoms with van der Waals surface area (Å²) in [4.78, 5) is 10.5. The molecule has 2 N–H and O–H groups in total. The van der Waals surface area contributed by atoms with E-state index in [0.717, 1.165) is 113 Å². The molecule has 11 rings (SSSR count). The van der Waals surface area contributed by atoms with E-state index in [4.69, 9.17) is 9.98 Å². The van der Waals surface area contributed by atoms with Crippen molar-refractivity contribution in [2.75, 3.05) is 0 Å². The van der Waals surface area contributed by atoms with Gasteiger partial charge in [0, 0.05) is 137 Å². The van der Waals surface area contributed by atoms with Gasteiger partial charge < -0.3 is 10.2 Å². The van der Waals surface area contributed by atoms with Gasteiger partial charge in [0.1, 0.15) is 11.5 Å². The molecular weight excluding hydrogens is 1050 g/mol. The van der Waals surface area contributed by atoms with E-state index in [1.165, 1.54) is 0 Å². The van der Waals surface area contributed by atoms with E-state index in [2.05, 4.69) is 158 Å². The Morgan fingerprint density at radius 1 is 0.373 bits per heavy atom. The normalized spacial score (nSPS) is 14.9. The van der Waals surface area contributed by atoms with Crippen molar-refractivity contribution in [3.8, 4) is 56.0 Å². The van der Waals surface area contributed by atoms with Crippen molar-refractivity contribution in [3.63, 3.8) is 0 Å². The first-order valence-corrected chi connectivity index (χ1v) is 22.3. The van der Waals surface area contributed by atoms with Crippen LogP contribution in [0.3, 0.4) is 0 Å². The van der Waals surface area contributed by atoms with Gasteiger partial charge in [0.15, 0.2) is 0 Å². The Labute approximate surface area is 461 Å². The molecule has 0 saturated heterocycles. The third-order valence-corrected chi connectivity index (χ3v) is 13.1. The second-order valence-corrected chi connectivity index (χ2v) is 16.9. The van der Waals surface area contributed by atoms with Gasteiger partial charge in [-0.1, -0.05) is 195 Å². The maximum Gasteiger partial charge on any atom is 0.132 e. The number of fused-ring (bicyclic) bond motifs is 4. The smallest absolute Gasteiger partial charge is 0.132 e. The molecule has 0 aliphatic heterocycles. The van der Waals surface area contributed by atoms with Crippen LogP contribution in [0.1, 0.15) is 36.8 Å². The fourth-order valence-corrected chi connectivity index (χ4v) is 10.0. The summed E-state index contributed by atoms with van der Waals surface area (Å²) in [7, 11) is 0. The van der Waals surface area contributed by atoms with Crippen molar-refractivity contribution in [3.05, 3.63) is 205 Å². The number of phenolic OH excluding ortho intramolecular Hbond substituents is 2. The number of hydrogen-bond donors (Lipinski definition) is 2. The van der Waals surface area contributed by atoms with Gasteiger partial charge in [0.2, 0.25) is 0 Å². The van der Waals surface area contributed by atoms with Crippen molar-refractivity contribution < 1.29 is 102 Å². The first-order valence-electron chi connectivity index (χ1n) is 22.3. The predicted molar refractivity (Wildman–Crippen MR) is 269 cm³/mol. The van der Waals surface area contributed by atoms with Gasteiger partial charge in [-0.05, 0) is 90.3 Å². The fourth-order valence-electron chi connectivity index (χ4n) is 10.0. The molecule has 0 unspecified atom stereocenters. The van der Waals surface area contributed by atoms with Crippen molar-refractivity contribution in [1.29, 1.82) is 0 Å². The van der Waals surface area contributed by atoms with Crippen molar-refractivity contribution in [1.82, 2.24) is 0 Å². The first kappa shape index (κ1) is 48.7. The molecule has 2 radical (unpaired) electrons. The topological polar surface area (TPSA) is 65.2 Å². The number of rotatable bonds is 8. The molecule has 7 heteroatoms. The van der Waals surface area contributed by atoms with Crippen LogP contribution >= 0.6 is 0 Å². The average molecular weight is 1100 g/mol. The fraction of sp³-hybridized carbons (Fsp3) is 0.100. The van der Waals surface area contributed by atoms with Crippen LogP contribution < -0.4 is 0 Å². The number of phenols is 2. The number of benzene rings is 10. The molecule has 10 aromatic rings. The minimum absolute atomic E-state index is 0. The molecular formula is C60H46N2O2Y2Zr. The third-order valence-electron chi connectivity index (χ3n) is 13.1. The molecule has 4 nitrogen and oxygen atoms in total. The number of aliphatic imine (C=N–C) groups is 2. The van der Waals surface area contributed by atoms with E-state index in [1.54, 1.807) is 0 Å². The van der Waals surface area contributed by atoms with Gasteiger partial charge in [-0.25, -0.2) is 0 Å². The third kappa shape index (κ3) is 9.53. The Balaban J connectivity index is 0.00000203. The number of nitrogens with zero attached hydrogens (tertiary/aromatic N) is 2. The van der Waals surface area contributed by atoms with Crippen LogP contribution in [0.4, 0.5) is 0 Å². The largest absolute Gasteiger partial charge is 0.507 e. The number of aromatic hydroxyl groups is 2. The zero-order valence-corrected chi connectivity index (χ0v) is 45.2. The summed E-state index contributed by atoms with van der Waals surface area (Å²) in [6.45, 7) is 0. The average Bonchev–Trinajstić information content (AvgIpc) is 3.35. The second kappa shape index (κ2) is 21.7. The van der Waals surface area contributed by atoms with Crippen LogP contribution in [-0.4, -0.2) is 34.7 Å². The van der Waals surface area contributed by atoms with E-state index in [-0.39, 0.29) is 115 Å². The van der Waals surface area contributed by atoms with Gasteiger partial charge in [-0.2, -0.15) is 0 Å². The minimum atomic E-state index is -0.0958. The van der Waals surface area contributed by atoms with Crippen molar-refractivity contribution in [2.45, 2.75) is 37.8 Å². The van der Waals surface area contributed by atoms with Crippen molar-refractivity contribution >= 4 is 55.5 Å². The molecule has 2 atom stereocenters. The van der Waals surface area contributed by atoms with Gasteiger partial charge in [0.05, 0.1) is 12.1 Å². The minimum Gasteiger partial charge on any atom is -0.507 e. The first-order chi connectivity index (χ1) is 31.6. The molecule has 0 spiro atoms. The van der Waals surface area contributed by atoms with Crippen LogP contribution in [0.15, 0.2) is 204 Å². The van der Waals surface area contributed by atoms with E-state index in [1.807, 2.05) is 48.8 Å². The maximum atomic E-state index is 12.5. The summed E-state index contributed by atoms with van der Waals surface area (Å²) in [6.07, 6.45) is 7.60.